The third-order valence-corrected chi connectivity index (χ3v) is 11.2. The molecule has 1 saturated heterocycles. The van der Waals surface area contributed by atoms with E-state index in [9.17, 15) is 0 Å². The molecular formula is C29H41NO4S2. The van der Waals surface area contributed by atoms with Crippen molar-refractivity contribution in [2.75, 3.05) is 60.1 Å². The maximum absolute atomic E-state index is 5.63. The van der Waals surface area contributed by atoms with E-state index < -0.39 is 0 Å². The number of nitrogens with zero attached hydrogens (tertiary/aromatic N) is 1. The Balaban J connectivity index is 1.43. The van der Waals surface area contributed by atoms with Gasteiger partial charge in [0.05, 0.1) is 32.5 Å². The molecule has 2 aromatic carbocycles. The summed E-state index contributed by atoms with van der Waals surface area (Å²) in [4.78, 5) is 2.54. The lowest BCUT2D eigenvalue weighted by atomic mass is 9.64. The Labute approximate surface area is 225 Å². The lowest BCUT2D eigenvalue weighted by Gasteiger charge is -2.45. The summed E-state index contributed by atoms with van der Waals surface area (Å²) in [6.07, 6.45) is 7.33. The number of rotatable bonds is 12. The largest absolute Gasteiger partial charge is 0.493 e. The molecule has 1 saturated carbocycles. The SMILES string of the molecule is COc1ccc(C2(CN(C)CCCC3(c4ccc(OC)c(OC)c4)SCCCS3)CCC2)cc1OC. The lowest BCUT2D eigenvalue weighted by molar-refractivity contribution is 0.157. The minimum Gasteiger partial charge on any atom is -0.493 e. The van der Waals surface area contributed by atoms with Gasteiger partial charge in [0, 0.05) is 12.0 Å². The molecule has 1 aliphatic heterocycles. The Hall–Kier alpha value is -1.70. The molecule has 0 unspecified atom stereocenters. The number of likely N-dealkylation sites (N-methyl/N-ethyl adjacent to an activating group) is 1. The molecule has 36 heavy (non-hydrogen) atoms. The Morgan fingerprint density at radius 1 is 0.750 bits per heavy atom. The van der Waals surface area contributed by atoms with Crippen molar-refractivity contribution in [1.82, 2.24) is 4.90 Å². The predicted octanol–water partition coefficient (Wildman–Crippen LogP) is 6.58. The van der Waals surface area contributed by atoms with Gasteiger partial charge in [-0.3, -0.25) is 0 Å². The summed E-state index contributed by atoms with van der Waals surface area (Å²) in [5.41, 5.74) is 2.93. The third-order valence-electron chi connectivity index (χ3n) is 7.71. The molecule has 0 N–H and O–H groups in total. The van der Waals surface area contributed by atoms with Gasteiger partial charge < -0.3 is 23.8 Å². The maximum Gasteiger partial charge on any atom is 0.161 e. The van der Waals surface area contributed by atoms with E-state index in [0.29, 0.717) is 0 Å². The topological polar surface area (TPSA) is 40.2 Å². The van der Waals surface area contributed by atoms with Gasteiger partial charge >= 0.3 is 0 Å². The van der Waals surface area contributed by atoms with Gasteiger partial charge in [-0.05, 0) is 92.6 Å². The molecule has 0 radical (unpaired) electrons. The minimum atomic E-state index is 0.0795. The summed E-state index contributed by atoms with van der Waals surface area (Å²) in [7, 11) is 9.12. The lowest BCUT2D eigenvalue weighted by Crippen LogP contribution is -2.44. The highest BCUT2D eigenvalue weighted by molar-refractivity contribution is 8.18. The van der Waals surface area contributed by atoms with Crippen LogP contribution in [0.5, 0.6) is 23.0 Å². The summed E-state index contributed by atoms with van der Waals surface area (Å²) in [6, 6.07) is 13.0. The fraction of sp³-hybridized carbons (Fsp3) is 0.586. The molecular weight excluding hydrogens is 490 g/mol. The number of hydrogen-bond acceptors (Lipinski definition) is 7. The monoisotopic (exact) mass is 531 g/mol. The van der Waals surface area contributed by atoms with Crippen molar-refractivity contribution in [2.24, 2.45) is 0 Å². The van der Waals surface area contributed by atoms with Crippen LogP contribution in [0, 0.1) is 0 Å². The Morgan fingerprint density at radius 3 is 1.83 bits per heavy atom. The van der Waals surface area contributed by atoms with Crippen LogP contribution in [0.25, 0.3) is 0 Å². The minimum absolute atomic E-state index is 0.0795. The highest BCUT2D eigenvalue weighted by Crippen LogP contribution is 2.54. The maximum atomic E-state index is 5.63. The average molecular weight is 532 g/mol. The van der Waals surface area contributed by atoms with Crippen LogP contribution in [0.3, 0.4) is 0 Å². The zero-order valence-corrected chi connectivity index (χ0v) is 24.1. The zero-order chi connectivity index (χ0) is 25.6. The van der Waals surface area contributed by atoms with E-state index in [1.807, 2.05) is 0 Å². The van der Waals surface area contributed by atoms with Gasteiger partial charge in [-0.25, -0.2) is 0 Å². The second-order valence-electron chi connectivity index (χ2n) is 9.92. The van der Waals surface area contributed by atoms with Crippen LogP contribution in [-0.4, -0.2) is 65.0 Å². The van der Waals surface area contributed by atoms with Crippen molar-refractivity contribution >= 4 is 23.5 Å². The van der Waals surface area contributed by atoms with Gasteiger partial charge in [-0.2, -0.15) is 0 Å². The summed E-state index contributed by atoms with van der Waals surface area (Å²) in [6.45, 7) is 2.16. The molecule has 1 heterocycles. The normalized spacial score (nSPS) is 18.4. The van der Waals surface area contributed by atoms with Crippen LogP contribution in [0.1, 0.15) is 49.7 Å². The van der Waals surface area contributed by atoms with E-state index >= 15 is 0 Å². The highest BCUT2D eigenvalue weighted by atomic mass is 32.2. The first-order valence-corrected chi connectivity index (χ1v) is 14.9. The first-order valence-electron chi connectivity index (χ1n) is 12.9. The van der Waals surface area contributed by atoms with E-state index in [-0.39, 0.29) is 9.49 Å². The van der Waals surface area contributed by atoms with Crippen molar-refractivity contribution < 1.29 is 18.9 Å². The molecule has 198 valence electrons. The molecule has 5 nitrogen and oxygen atoms in total. The quantitative estimate of drug-likeness (QED) is 0.306. The van der Waals surface area contributed by atoms with Crippen LogP contribution < -0.4 is 18.9 Å². The van der Waals surface area contributed by atoms with E-state index in [1.165, 1.54) is 48.3 Å². The summed E-state index contributed by atoms with van der Waals surface area (Å²) >= 11 is 4.21. The third kappa shape index (κ3) is 5.73. The van der Waals surface area contributed by atoms with Crippen molar-refractivity contribution in [3.8, 4) is 23.0 Å². The van der Waals surface area contributed by atoms with Gasteiger partial charge in [-0.1, -0.05) is 18.6 Å². The number of methoxy groups -OCH3 is 4. The van der Waals surface area contributed by atoms with Gasteiger partial charge in [0.1, 0.15) is 0 Å². The fourth-order valence-electron chi connectivity index (χ4n) is 5.59. The Morgan fingerprint density at radius 2 is 1.31 bits per heavy atom. The summed E-state index contributed by atoms with van der Waals surface area (Å²) in [5.74, 6) is 5.65. The molecule has 2 aliphatic rings. The van der Waals surface area contributed by atoms with Gasteiger partial charge in [0.25, 0.3) is 0 Å². The molecule has 0 bridgehead atoms. The second-order valence-corrected chi connectivity index (χ2v) is 13.0. The van der Waals surface area contributed by atoms with Crippen molar-refractivity contribution in [3.05, 3.63) is 47.5 Å². The predicted molar refractivity (Wildman–Crippen MR) is 153 cm³/mol. The van der Waals surface area contributed by atoms with Gasteiger partial charge in [-0.15, -0.1) is 23.5 Å². The molecule has 0 spiro atoms. The highest BCUT2D eigenvalue weighted by Gasteiger charge is 2.40. The number of benzene rings is 2. The molecule has 0 amide bonds. The van der Waals surface area contributed by atoms with Gasteiger partial charge in [0.2, 0.25) is 0 Å². The standard InChI is InChI=1S/C29H41NO4S2/c1-30(21-28(13-6-14-28)22-9-11-24(31-2)26(19-22)33-4)16-7-15-29(35-17-8-18-36-29)23-10-12-25(32-3)27(20-23)34-5/h9-12,19-20H,6-8,13-18,21H2,1-5H3. The summed E-state index contributed by atoms with van der Waals surface area (Å²) < 4.78 is 22.3. The smallest absolute Gasteiger partial charge is 0.161 e. The Kier molecular flexibility index (Phi) is 9.29. The van der Waals surface area contributed by atoms with E-state index in [1.54, 1.807) is 28.4 Å². The molecule has 0 atom stereocenters. The zero-order valence-electron chi connectivity index (χ0n) is 22.4. The molecule has 7 heteroatoms. The van der Waals surface area contributed by atoms with Crippen molar-refractivity contribution in [2.45, 2.75) is 48.0 Å². The van der Waals surface area contributed by atoms with Crippen LogP contribution in [0.15, 0.2) is 36.4 Å². The van der Waals surface area contributed by atoms with E-state index in [0.717, 1.165) is 48.9 Å². The fourth-order valence-corrected chi connectivity index (χ4v) is 9.01. The van der Waals surface area contributed by atoms with Crippen molar-refractivity contribution in [1.29, 1.82) is 0 Å². The van der Waals surface area contributed by atoms with Crippen LogP contribution in [0.4, 0.5) is 0 Å². The van der Waals surface area contributed by atoms with Crippen LogP contribution in [-0.2, 0) is 9.49 Å². The van der Waals surface area contributed by atoms with Gasteiger partial charge in [0.15, 0.2) is 23.0 Å². The first kappa shape index (κ1) is 27.3. The van der Waals surface area contributed by atoms with E-state index in [2.05, 4.69) is 71.9 Å². The Bertz CT molecular complexity index is 1000. The molecule has 2 fully saturated rings. The average Bonchev–Trinajstić information content (AvgIpc) is 2.90. The molecule has 1 aliphatic carbocycles. The van der Waals surface area contributed by atoms with Crippen LogP contribution in [0.2, 0.25) is 0 Å². The number of thioether (sulfide) groups is 2. The number of ether oxygens (including phenoxy) is 4. The van der Waals surface area contributed by atoms with Crippen molar-refractivity contribution in [3.63, 3.8) is 0 Å². The summed E-state index contributed by atoms with van der Waals surface area (Å²) in [5, 5.41) is 0. The van der Waals surface area contributed by atoms with Crippen LogP contribution >= 0.6 is 23.5 Å². The molecule has 2 aromatic rings. The second kappa shape index (κ2) is 12.2. The molecule has 0 aromatic heterocycles. The first-order chi connectivity index (χ1) is 17.5. The molecule has 4 rings (SSSR count). The number of hydrogen-bond donors (Lipinski definition) is 0. The van der Waals surface area contributed by atoms with E-state index in [4.69, 9.17) is 18.9 Å².